The second-order valence-corrected chi connectivity index (χ2v) is 9.39. The van der Waals surface area contributed by atoms with Gasteiger partial charge in [0.2, 0.25) is 5.91 Å². The number of nitrogens with zero attached hydrogens (tertiary/aromatic N) is 2. The fourth-order valence-electron chi connectivity index (χ4n) is 3.31. The van der Waals surface area contributed by atoms with Gasteiger partial charge in [-0.15, -0.1) is 0 Å². The van der Waals surface area contributed by atoms with E-state index in [0.29, 0.717) is 24.5 Å². The number of esters is 1. The van der Waals surface area contributed by atoms with Crippen molar-refractivity contribution in [1.29, 1.82) is 0 Å². The van der Waals surface area contributed by atoms with Gasteiger partial charge in [0.1, 0.15) is 11.5 Å². The largest absolute Gasteiger partial charge is 0.465 e. The molecule has 2 unspecified atom stereocenters. The Morgan fingerprint density at radius 1 is 1.25 bits per heavy atom. The van der Waals surface area contributed by atoms with Crippen LogP contribution in [0.25, 0.3) is 0 Å². The van der Waals surface area contributed by atoms with Gasteiger partial charge in [0.05, 0.1) is 29.0 Å². The fraction of sp³-hybridized carbons (Fsp3) is 0.545. The van der Waals surface area contributed by atoms with Crippen LogP contribution in [0.2, 0.25) is 15.1 Å². The molecule has 1 aromatic carbocycles. The average molecular weight is 505 g/mol. The lowest BCUT2D eigenvalue weighted by molar-refractivity contribution is -0.149. The number of hydrogen-bond acceptors (Lipinski definition) is 5. The van der Waals surface area contributed by atoms with E-state index in [1.165, 1.54) is 12.1 Å². The standard InChI is InChI=1S/C22H28Cl3N3O4/c1-5-7-8-32-20(30)13(3)12-22(4,6-2)21(31)26-17-11-18(29)28(27-17)19-15(24)9-14(23)10-16(19)25/h9-10,13H,5-8,11-12H2,1-4H3,(H,26,27,31). The Morgan fingerprint density at radius 3 is 2.44 bits per heavy atom. The lowest BCUT2D eigenvalue weighted by Crippen LogP contribution is -2.43. The highest BCUT2D eigenvalue weighted by molar-refractivity contribution is 6.42. The number of nitrogens with one attached hydrogen (secondary N) is 1. The van der Waals surface area contributed by atoms with Crippen molar-refractivity contribution < 1.29 is 19.1 Å². The van der Waals surface area contributed by atoms with Crippen molar-refractivity contribution in [1.82, 2.24) is 5.32 Å². The number of carbonyl (C=O) groups is 3. The molecule has 0 radical (unpaired) electrons. The third-order valence-electron chi connectivity index (χ3n) is 5.46. The van der Waals surface area contributed by atoms with Crippen molar-refractivity contribution in [3.63, 3.8) is 0 Å². The molecule has 10 heteroatoms. The summed E-state index contributed by atoms with van der Waals surface area (Å²) >= 11 is 18.3. The van der Waals surface area contributed by atoms with Gasteiger partial charge in [-0.1, -0.05) is 68.9 Å². The van der Waals surface area contributed by atoms with E-state index in [1.54, 1.807) is 13.8 Å². The molecule has 0 aromatic heterocycles. The van der Waals surface area contributed by atoms with E-state index in [2.05, 4.69) is 10.4 Å². The van der Waals surface area contributed by atoms with Gasteiger partial charge in [0.15, 0.2) is 0 Å². The maximum absolute atomic E-state index is 13.1. The third kappa shape index (κ3) is 6.36. The van der Waals surface area contributed by atoms with Crippen LogP contribution in [0, 0.1) is 11.3 Å². The summed E-state index contributed by atoms with van der Waals surface area (Å²) in [5.41, 5.74) is -0.647. The van der Waals surface area contributed by atoms with E-state index in [4.69, 9.17) is 39.5 Å². The van der Waals surface area contributed by atoms with Gasteiger partial charge in [-0.2, -0.15) is 10.1 Å². The first-order chi connectivity index (χ1) is 15.0. The number of halogens is 3. The summed E-state index contributed by atoms with van der Waals surface area (Å²) in [4.78, 5) is 37.8. The number of ether oxygens (including phenoxy) is 1. The Bertz CT molecular complexity index is 899. The van der Waals surface area contributed by atoms with Crippen molar-refractivity contribution in [3.05, 3.63) is 27.2 Å². The molecule has 2 amide bonds. The molecule has 176 valence electrons. The zero-order valence-corrected chi connectivity index (χ0v) is 20.9. The summed E-state index contributed by atoms with van der Waals surface area (Å²) in [6.45, 7) is 7.79. The van der Waals surface area contributed by atoms with Crippen LogP contribution >= 0.6 is 34.8 Å². The zero-order valence-electron chi connectivity index (χ0n) is 18.6. The van der Waals surface area contributed by atoms with Crippen LogP contribution < -0.4 is 10.3 Å². The lowest BCUT2D eigenvalue weighted by atomic mass is 9.78. The van der Waals surface area contributed by atoms with Gasteiger partial charge >= 0.3 is 5.97 Å². The fourth-order valence-corrected chi connectivity index (χ4v) is 4.29. The van der Waals surface area contributed by atoms with Gasteiger partial charge in [-0.05, 0) is 31.4 Å². The number of hydrazone groups is 1. The molecular weight excluding hydrogens is 477 g/mol. The molecule has 0 saturated carbocycles. The molecular formula is C22H28Cl3N3O4. The Morgan fingerprint density at radius 2 is 1.88 bits per heavy atom. The number of rotatable bonds is 9. The molecule has 1 aliphatic heterocycles. The monoisotopic (exact) mass is 503 g/mol. The van der Waals surface area contributed by atoms with Gasteiger partial charge in [0.25, 0.3) is 5.91 Å². The Labute approximate surface area is 203 Å². The van der Waals surface area contributed by atoms with Crippen LogP contribution in [0.5, 0.6) is 0 Å². The number of unbranched alkanes of at least 4 members (excludes halogenated alkanes) is 1. The number of amidine groups is 1. The second kappa shape index (κ2) is 11.3. The summed E-state index contributed by atoms with van der Waals surface area (Å²) in [5.74, 6) is -1.30. The molecule has 0 fully saturated rings. The predicted octanol–water partition coefficient (Wildman–Crippen LogP) is 5.60. The first-order valence-electron chi connectivity index (χ1n) is 10.6. The van der Waals surface area contributed by atoms with E-state index < -0.39 is 17.2 Å². The highest BCUT2D eigenvalue weighted by Crippen LogP contribution is 2.38. The van der Waals surface area contributed by atoms with Crippen molar-refractivity contribution in [2.45, 2.75) is 59.8 Å². The van der Waals surface area contributed by atoms with Gasteiger partial charge < -0.3 is 10.1 Å². The maximum atomic E-state index is 13.1. The first kappa shape index (κ1) is 26.4. The highest BCUT2D eigenvalue weighted by Gasteiger charge is 2.38. The Kier molecular flexibility index (Phi) is 9.37. The Balaban J connectivity index is 2.12. The lowest BCUT2D eigenvalue weighted by Gasteiger charge is -2.29. The number of carbonyl (C=O) groups excluding carboxylic acids is 3. The molecule has 0 bridgehead atoms. The maximum Gasteiger partial charge on any atom is 0.308 e. The van der Waals surface area contributed by atoms with E-state index in [9.17, 15) is 14.4 Å². The van der Waals surface area contributed by atoms with Crippen LogP contribution in [0.4, 0.5) is 5.69 Å². The first-order valence-corrected chi connectivity index (χ1v) is 11.7. The quantitative estimate of drug-likeness (QED) is 0.350. The predicted molar refractivity (Wildman–Crippen MR) is 127 cm³/mol. The topological polar surface area (TPSA) is 88.1 Å². The van der Waals surface area contributed by atoms with Crippen LogP contribution in [0.3, 0.4) is 0 Å². The van der Waals surface area contributed by atoms with Gasteiger partial charge in [0, 0.05) is 10.4 Å². The number of benzene rings is 1. The normalized spacial score (nSPS) is 16.4. The van der Waals surface area contributed by atoms with Crippen molar-refractivity contribution in [2.24, 2.45) is 16.4 Å². The number of anilines is 1. The summed E-state index contributed by atoms with van der Waals surface area (Å²) in [6.07, 6.45) is 2.41. The smallest absolute Gasteiger partial charge is 0.308 e. The zero-order chi connectivity index (χ0) is 24.1. The highest BCUT2D eigenvalue weighted by atomic mass is 35.5. The molecule has 1 heterocycles. The SMILES string of the molecule is CCCCOC(=O)C(C)CC(C)(CC)C(=O)NC1=NN(c2c(Cl)cc(Cl)cc2Cl)C(=O)C1. The molecule has 1 N–H and O–H groups in total. The minimum absolute atomic E-state index is 0.116. The van der Waals surface area contributed by atoms with Crippen LogP contribution in [0.1, 0.15) is 59.8 Å². The van der Waals surface area contributed by atoms with Crippen molar-refractivity contribution in [3.8, 4) is 0 Å². The molecule has 0 spiro atoms. The molecule has 7 nitrogen and oxygen atoms in total. The molecule has 0 aliphatic carbocycles. The van der Waals surface area contributed by atoms with E-state index in [0.717, 1.165) is 17.9 Å². The molecule has 1 aromatic rings. The van der Waals surface area contributed by atoms with Crippen LogP contribution in [0.15, 0.2) is 17.2 Å². The van der Waals surface area contributed by atoms with Crippen molar-refractivity contribution >= 4 is 64.1 Å². The summed E-state index contributed by atoms with van der Waals surface area (Å²) in [6, 6.07) is 2.91. The number of amides is 2. The minimum Gasteiger partial charge on any atom is -0.465 e. The van der Waals surface area contributed by atoms with E-state index in [1.807, 2.05) is 13.8 Å². The average Bonchev–Trinajstić information content (AvgIpc) is 3.06. The van der Waals surface area contributed by atoms with E-state index in [-0.39, 0.29) is 39.9 Å². The molecule has 2 atom stereocenters. The molecule has 0 saturated heterocycles. The summed E-state index contributed by atoms with van der Waals surface area (Å²) in [5, 5.41) is 8.67. The van der Waals surface area contributed by atoms with Gasteiger partial charge in [-0.3, -0.25) is 14.4 Å². The minimum atomic E-state index is -0.849. The summed E-state index contributed by atoms with van der Waals surface area (Å²) in [7, 11) is 0. The summed E-state index contributed by atoms with van der Waals surface area (Å²) < 4.78 is 5.28. The van der Waals surface area contributed by atoms with Gasteiger partial charge in [-0.25, -0.2) is 0 Å². The second-order valence-electron chi connectivity index (χ2n) is 8.14. The van der Waals surface area contributed by atoms with Crippen LogP contribution in [-0.2, 0) is 19.1 Å². The molecule has 1 aliphatic rings. The number of hydrogen-bond donors (Lipinski definition) is 1. The third-order valence-corrected chi connectivity index (χ3v) is 6.25. The molecule has 2 rings (SSSR count). The van der Waals surface area contributed by atoms with Crippen molar-refractivity contribution in [2.75, 3.05) is 11.6 Å². The van der Waals surface area contributed by atoms with Crippen LogP contribution in [-0.4, -0.2) is 30.2 Å². The molecule has 32 heavy (non-hydrogen) atoms. The van der Waals surface area contributed by atoms with E-state index >= 15 is 0 Å². The Hall–Kier alpha value is -1.83.